The van der Waals surface area contributed by atoms with Crippen LogP contribution in [0, 0.1) is 0 Å². The van der Waals surface area contributed by atoms with E-state index < -0.39 is 0 Å². The largest absolute Gasteiger partial charge is 0.398 e. The van der Waals surface area contributed by atoms with Crippen molar-refractivity contribution in [2.45, 2.75) is 0 Å². The third-order valence-electron chi connectivity index (χ3n) is 3.37. The molecule has 2 N–H and O–H groups in total. The van der Waals surface area contributed by atoms with Crippen molar-refractivity contribution in [2.24, 2.45) is 7.05 Å². The number of hydrogen-bond acceptors (Lipinski definition) is 3. The first-order valence-electron chi connectivity index (χ1n) is 5.91. The third kappa shape index (κ3) is 1.53. The summed E-state index contributed by atoms with van der Waals surface area (Å²) in [5.41, 5.74) is 6.38. The van der Waals surface area contributed by atoms with E-state index in [1.165, 1.54) is 4.57 Å². The average Bonchev–Trinajstić information content (AvgIpc) is 2.51. The lowest BCUT2D eigenvalue weighted by molar-refractivity contribution is 0.921. The molecule has 19 heavy (non-hydrogen) atoms. The molecule has 0 bridgehead atoms. The first-order chi connectivity index (χ1) is 9.11. The van der Waals surface area contributed by atoms with Gasteiger partial charge in [0, 0.05) is 18.1 Å². The summed E-state index contributed by atoms with van der Waals surface area (Å²) >= 11 is 0. The molecular weight excluding hydrogens is 240 g/mol. The summed E-state index contributed by atoms with van der Waals surface area (Å²) in [6.45, 7) is 0. The van der Waals surface area contributed by atoms with Gasteiger partial charge >= 0.3 is 0 Å². The van der Waals surface area contributed by atoms with Crippen LogP contribution in [0.15, 0.2) is 52.1 Å². The van der Waals surface area contributed by atoms with Gasteiger partial charge in [0.15, 0.2) is 5.43 Å². The lowest BCUT2D eigenvalue weighted by Crippen LogP contribution is -2.14. The van der Waals surface area contributed by atoms with Crippen molar-refractivity contribution in [3.63, 3.8) is 0 Å². The molecule has 0 fully saturated rings. The van der Waals surface area contributed by atoms with Crippen LogP contribution in [0.5, 0.6) is 0 Å². The molecule has 1 heterocycles. The monoisotopic (exact) mass is 252 g/mol. The standard InChI is InChI=1S/C15H12N2O2/c1-17-12-8-3-2-5-9(12)14(18)13-10(15(17)19)6-4-7-11(13)16/h2-8H,16H2,1H3. The Kier molecular flexibility index (Phi) is 2.38. The highest BCUT2D eigenvalue weighted by Crippen LogP contribution is 2.16. The SMILES string of the molecule is Cn1c(=O)c2cccc(N)c2c(=O)c2ccccc21. The molecule has 0 aliphatic heterocycles. The number of fused-ring (bicyclic) bond motifs is 2. The molecule has 4 nitrogen and oxygen atoms in total. The number of hydrogen-bond donors (Lipinski definition) is 1. The summed E-state index contributed by atoms with van der Waals surface area (Å²) < 4.78 is 1.48. The summed E-state index contributed by atoms with van der Waals surface area (Å²) in [6, 6.07) is 12.0. The van der Waals surface area contributed by atoms with Crippen molar-refractivity contribution in [2.75, 3.05) is 5.73 Å². The summed E-state index contributed by atoms with van der Waals surface area (Å²) in [5.74, 6) is 0. The van der Waals surface area contributed by atoms with Crippen LogP contribution in [0.2, 0.25) is 0 Å². The Bertz CT molecular complexity index is 927. The molecule has 0 spiro atoms. The van der Waals surface area contributed by atoms with Gasteiger partial charge in [0.2, 0.25) is 0 Å². The van der Waals surface area contributed by atoms with Gasteiger partial charge in [-0.3, -0.25) is 9.59 Å². The molecule has 0 atom stereocenters. The predicted molar refractivity (Wildman–Crippen MR) is 77.4 cm³/mol. The van der Waals surface area contributed by atoms with Crippen LogP contribution in [0.3, 0.4) is 0 Å². The number of aromatic nitrogens is 1. The molecule has 94 valence electrons. The van der Waals surface area contributed by atoms with Gasteiger partial charge in [-0.25, -0.2) is 0 Å². The maximum atomic E-state index is 12.6. The Morgan fingerprint density at radius 2 is 1.63 bits per heavy atom. The second kappa shape index (κ2) is 3.95. The van der Waals surface area contributed by atoms with Crippen LogP contribution >= 0.6 is 0 Å². The van der Waals surface area contributed by atoms with Crippen LogP contribution < -0.4 is 16.7 Å². The second-order valence-electron chi connectivity index (χ2n) is 4.48. The van der Waals surface area contributed by atoms with Gasteiger partial charge < -0.3 is 10.3 Å². The van der Waals surface area contributed by atoms with Crippen LogP contribution in [0.1, 0.15) is 0 Å². The van der Waals surface area contributed by atoms with Crippen LogP contribution in [0.25, 0.3) is 21.7 Å². The van der Waals surface area contributed by atoms with Crippen molar-refractivity contribution in [3.8, 4) is 0 Å². The number of benzene rings is 2. The minimum atomic E-state index is -0.222. The highest BCUT2D eigenvalue weighted by molar-refractivity contribution is 5.97. The van der Waals surface area contributed by atoms with Crippen molar-refractivity contribution in [1.29, 1.82) is 0 Å². The number of nitrogen functional groups attached to an aromatic ring is 1. The van der Waals surface area contributed by atoms with Crippen molar-refractivity contribution in [1.82, 2.24) is 4.57 Å². The van der Waals surface area contributed by atoms with E-state index in [-0.39, 0.29) is 11.0 Å². The van der Waals surface area contributed by atoms with E-state index in [0.29, 0.717) is 27.4 Å². The number of nitrogens with two attached hydrogens (primary N) is 1. The topological polar surface area (TPSA) is 65.1 Å². The Morgan fingerprint density at radius 3 is 2.42 bits per heavy atom. The molecule has 3 aromatic rings. The summed E-state index contributed by atoms with van der Waals surface area (Å²) in [7, 11) is 1.66. The Morgan fingerprint density at radius 1 is 0.947 bits per heavy atom. The fraction of sp³-hybridized carbons (Fsp3) is 0.0667. The normalized spacial score (nSPS) is 11.0. The smallest absolute Gasteiger partial charge is 0.258 e. The summed E-state index contributed by atoms with van der Waals surface area (Å²) in [6.07, 6.45) is 0. The number of anilines is 1. The van der Waals surface area contributed by atoms with Crippen LogP contribution in [-0.2, 0) is 7.05 Å². The van der Waals surface area contributed by atoms with E-state index in [1.54, 1.807) is 49.5 Å². The molecule has 0 aliphatic rings. The minimum Gasteiger partial charge on any atom is -0.398 e. The Hall–Kier alpha value is -2.62. The zero-order valence-electron chi connectivity index (χ0n) is 10.4. The van der Waals surface area contributed by atoms with Crippen LogP contribution in [-0.4, -0.2) is 4.57 Å². The number of para-hydroxylation sites is 1. The number of rotatable bonds is 0. The van der Waals surface area contributed by atoms with E-state index >= 15 is 0 Å². The molecule has 0 unspecified atom stereocenters. The molecule has 0 radical (unpaired) electrons. The van der Waals surface area contributed by atoms with E-state index in [2.05, 4.69) is 0 Å². The Labute approximate surface area is 108 Å². The maximum absolute atomic E-state index is 12.6. The van der Waals surface area contributed by atoms with Crippen molar-refractivity contribution >= 4 is 27.4 Å². The Balaban J connectivity index is 2.86. The molecule has 0 saturated carbocycles. The molecule has 0 amide bonds. The highest BCUT2D eigenvalue weighted by atomic mass is 16.1. The lowest BCUT2D eigenvalue weighted by Gasteiger charge is -1.97. The lowest BCUT2D eigenvalue weighted by atomic mass is 10.1. The molecule has 4 heteroatoms. The zero-order valence-corrected chi connectivity index (χ0v) is 10.4. The average molecular weight is 252 g/mol. The number of aryl methyl sites for hydroxylation is 1. The zero-order chi connectivity index (χ0) is 13.6. The molecule has 0 saturated heterocycles. The molecule has 1 aromatic heterocycles. The first kappa shape index (κ1) is 11.5. The quantitative estimate of drug-likeness (QED) is 0.618. The summed E-state index contributed by atoms with van der Waals surface area (Å²) in [4.78, 5) is 25.0. The van der Waals surface area contributed by atoms with Gasteiger partial charge in [0.1, 0.15) is 0 Å². The molecule has 0 aliphatic carbocycles. The van der Waals surface area contributed by atoms with E-state index in [9.17, 15) is 9.59 Å². The maximum Gasteiger partial charge on any atom is 0.258 e. The van der Waals surface area contributed by atoms with Gasteiger partial charge in [0.05, 0.1) is 16.3 Å². The second-order valence-corrected chi connectivity index (χ2v) is 4.48. The minimum absolute atomic E-state index is 0.207. The van der Waals surface area contributed by atoms with Gasteiger partial charge in [0.25, 0.3) is 5.56 Å². The summed E-state index contributed by atoms with van der Waals surface area (Å²) in [5, 5.41) is 1.14. The van der Waals surface area contributed by atoms with E-state index in [0.717, 1.165) is 0 Å². The fourth-order valence-electron chi connectivity index (χ4n) is 2.38. The van der Waals surface area contributed by atoms with Gasteiger partial charge in [-0.2, -0.15) is 0 Å². The predicted octanol–water partition coefficient (Wildman–Crippen LogP) is 1.63. The van der Waals surface area contributed by atoms with Crippen molar-refractivity contribution < 1.29 is 0 Å². The van der Waals surface area contributed by atoms with Gasteiger partial charge in [-0.1, -0.05) is 18.2 Å². The molecule has 3 rings (SSSR count). The molecule has 2 aromatic carbocycles. The van der Waals surface area contributed by atoms with E-state index in [4.69, 9.17) is 5.73 Å². The fourth-order valence-corrected chi connectivity index (χ4v) is 2.38. The highest BCUT2D eigenvalue weighted by Gasteiger charge is 2.10. The first-order valence-corrected chi connectivity index (χ1v) is 5.91. The van der Waals surface area contributed by atoms with Crippen molar-refractivity contribution in [3.05, 3.63) is 63.0 Å². The number of nitrogens with zero attached hydrogens (tertiary/aromatic N) is 1. The van der Waals surface area contributed by atoms with Crippen LogP contribution in [0.4, 0.5) is 5.69 Å². The van der Waals surface area contributed by atoms with E-state index in [1.807, 2.05) is 0 Å². The van der Waals surface area contributed by atoms with Gasteiger partial charge in [-0.05, 0) is 24.3 Å². The van der Waals surface area contributed by atoms with Gasteiger partial charge in [-0.15, -0.1) is 0 Å². The molecular formula is C15H12N2O2. The third-order valence-corrected chi connectivity index (χ3v) is 3.37.